The summed E-state index contributed by atoms with van der Waals surface area (Å²) in [6, 6.07) is 12.9. The van der Waals surface area contributed by atoms with Crippen LogP contribution in [0.1, 0.15) is 34.3 Å². The first-order chi connectivity index (χ1) is 11.5. The smallest absolute Gasteiger partial charge is 0.312 e. The first-order valence-corrected chi connectivity index (χ1v) is 7.71. The van der Waals surface area contributed by atoms with Gasteiger partial charge in [-0.25, -0.2) is 0 Å². The van der Waals surface area contributed by atoms with Crippen molar-refractivity contribution in [3.05, 3.63) is 59.2 Å². The van der Waals surface area contributed by atoms with Crippen LogP contribution in [0, 0.1) is 0 Å². The first-order valence-electron chi connectivity index (χ1n) is 7.71. The van der Waals surface area contributed by atoms with Gasteiger partial charge in [-0.3, -0.25) is 9.59 Å². The molecule has 1 unspecified atom stereocenters. The molecule has 1 amide bonds. The fourth-order valence-electron chi connectivity index (χ4n) is 2.89. The normalized spacial score (nSPS) is 14.3. The van der Waals surface area contributed by atoms with Crippen LogP contribution in [0.4, 0.5) is 5.69 Å². The molecule has 0 radical (unpaired) electrons. The molecule has 2 aromatic carbocycles. The molecule has 1 aliphatic rings. The van der Waals surface area contributed by atoms with Crippen LogP contribution in [0.3, 0.4) is 0 Å². The van der Waals surface area contributed by atoms with Crippen molar-refractivity contribution in [2.75, 3.05) is 19.1 Å². The Morgan fingerprint density at radius 2 is 1.83 bits per heavy atom. The van der Waals surface area contributed by atoms with Gasteiger partial charge in [-0.1, -0.05) is 12.1 Å². The summed E-state index contributed by atoms with van der Waals surface area (Å²) in [5.41, 5.74) is 3.31. The molecule has 1 aliphatic heterocycles. The van der Waals surface area contributed by atoms with Gasteiger partial charge in [-0.15, -0.1) is 0 Å². The van der Waals surface area contributed by atoms with Gasteiger partial charge in [-0.2, -0.15) is 0 Å². The fraction of sp³-hybridized carbons (Fsp3) is 0.263. The molecule has 0 saturated carbocycles. The maximum Gasteiger partial charge on any atom is 0.312 e. The second-order valence-electron chi connectivity index (χ2n) is 5.75. The van der Waals surface area contributed by atoms with E-state index in [2.05, 4.69) is 0 Å². The van der Waals surface area contributed by atoms with Crippen LogP contribution in [-0.2, 0) is 16.1 Å². The summed E-state index contributed by atoms with van der Waals surface area (Å²) in [5, 5.41) is 0. The molecule has 0 spiro atoms. The van der Waals surface area contributed by atoms with Gasteiger partial charge >= 0.3 is 5.97 Å². The highest BCUT2D eigenvalue weighted by atomic mass is 16.5. The van der Waals surface area contributed by atoms with Crippen molar-refractivity contribution >= 4 is 17.6 Å². The second kappa shape index (κ2) is 6.35. The predicted molar refractivity (Wildman–Crippen MR) is 90.4 cm³/mol. The van der Waals surface area contributed by atoms with Crippen molar-refractivity contribution in [1.82, 2.24) is 0 Å². The largest absolute Gasteiger partial charge is 0.497 e. The number of benzene rings is 2. The van der Waals surface area contributed by atoms with Crippen LogP contribution >= 0.6 is 0 Å². The molecule has 1 atom stereocenters. The van der Waals surface area contributed by atoms with Crippen LogP contribution in [0.25, 0.3) is 0 Å². The Hall–Kier alpha value is -2.82. The van der Waals surface area contributed by atoms with Crippen molar-refractivity contribution in [3.63, 3.8) is 0 Å². The fourth-order valence-corrected chi connectivity index (χ4v) is 2.89. The lowest BCUT2D eigenvalue weighted by atomic mass is 10.0. The van der Waals surface area contributed by atoms with Crippen molar-refractivity contribution in [2.24, 2.45) is 0 Å². The molecule has 24 heavy (non-hydrogen) atoms. The van der Waals surface area contributed by atoms with Crippen LogP contribution in [0.5, 0.6) is 5.75 Å². The average Bonchev–Trinajstić information content (AvgIpc) is 2.96. The monoisotopic (exact) mass is 325 g/mol. The second-order valence-corrected chi connectivity index (χ2v) is 5.75. The van der Waals surface area contributed by atoms with Crippen molar-refractivity contribution in [2.45, 2.75) is 19.4 Å². The topological polar surface area (TPSA) is 55.8 Å². The number of rotatable bonds is 4. The number of methoxy groups -OCH3 is 2. The van der Waals surface area contributed by atoms with E-state index in [1.54, 1.807) is 31.1 Å². The van der Waals surface area contributed by atoms with E-state index in [0.29, 0.717) is 12.1 Å². The molecule has 0 aliphatic carbocycles. The Balaban J connectivity index is 1.83. The van der Waals surface area contributed by atoms with Crippen LogP contribution in [-0.4, -0.2) is 26.1 Å². The SMILES string of the molecule is COC(=O)C(C)c1ccc(N2Cc3cc(OC)ccc3C2=O)cc1. The number of hydrogen-bond donors (Lipinski definition) is 0. The Labute approximate surface area is 140 Å². The lowest BCUT2D eigenvalue weighted by molar-refractivity contribution is -0.141. The molecular formula is C19H19NO4. The third-order valence-corrected chi connectivity index (χ3v) is 4.38. The number of carbonyl (C=O) groups excluding carboxylic acids is 2. The van der Waals surface area contributed by atoms with Gasteiger partial charge in [0.05, 0.1) is 26.7 Å². The number of carbonyl (C=O) groups is 2. The summed E-state index contributed by atoms with van der Waals surface area (Å²) in [5.74, 6) is 0.103. The number of hydrogen-bond acceptors (Lipinski definition) is 4. The third-order valence-electron chi connectivity index (χ3n) is 4.38. The highest BCUT2D eigenvalue weighted by Gasteiger charge is 2.29. The van der Waals surface area contributed by atoms with Gasteiger partial charge < -0.3 is 14.4 Å². The third kappa shape index (κ3) is 2.73. The first kappa shape index (κ1) is 16.1. The van der Waals surface area contributed by atoms with Gasteiger partial charge in [0.1, 0.15) is 5.75 Å². The van der Waals surface area contributed by atoms with Crippen LogP contribution in [0.2, 0.25) is 0 Å². The summed E-state index contributed by atoms with van der Waals surface area (Å²) >= 11 is 0. The Morgan fingerprint density at radius 3 is 2.46 bits per heavy atom. The van der Waals surface area contributed by atoms with Gasteiger partial charge in [0.25, 0.3) is 5.91 Å². The molecule has 0 saturated heterocycles. The van der Waals surface area contributed by atoms with Crippen molar-refractivity contribution < 1.29 is 19.1 Å². The molecule has 2 aromatic rings. The summed E-state index contributed by atoms with van der Waals surface area (Å²) in [7, 11) is 2.99. The van der Waals surface area contributed by atoms with E-state index >= 15 is 0 Å². The molecule has 0 fully saturated rings. The molecular weight excluding hydrogens is 306 g/mol. The quantitative estimate of drug-likeness (QED) is 0.811. The van der Waals surface area contributed by atoms with E-state index in [-0.39, 0.29) is 17.8 Å². The van der Waals surface area contributed by atoms with Crippen molar-refractivity contribution in [3.8, 4) is 5.75 Å². The number of amides is 1. The van der Waals surface area contributed by atoms with E-state index in [1.807, 2.05) is 30.3 Å². The minimum atomic E-state index is -0.334. The molecule has 124 valence electrons. The average molecular weight is 325 g/mol. The van der Waals surface area contributed by atoms with E-state index in [1.165, 1.54) is 7.11 Å². The molecule has 5 nitrogen and oxygen atoms in total. The number of fused-ring (bicyclic) bond motifs is 1. The zero-order chi connectivity index (χ0) is 17.3. The summed E-state index contributed by atoms with van der Waals surface area (Å²) in [4.78, 5) is 25.9. The van der Waals surface area contributed by atoms with Crippen LogP contribution in [0.15, 0.2) is 42.5 Å². The molecule has 1 heterocycles. The zero-order valence-electron chi connectivity index (χ0n) is 13.9. The minimum absolute atomic E-state index is 0.0265. The maximum absolute atomic E-state index is 12.6. The zero-order valence-corrected chi connectivity index (χ0v) is 13.9. The summed E-state index contributed by atoms with van der Waals surface area (Å²) < 4.78 is 9.98. The van der Waals surface area contributed by atoms with Gasteiger partial charge in [-0.05, 0) is 48.4 Å². The highest BCUT2D eigenvalue weighted by Crippen LogP contribution is 2.31. The van der Waals surface area contributed by atoms with E-state index in [9.17, 15) is 9.59 Å². The Bertz CT molecular complexity index is 782. The maximum atomic E-state index is 12.6. The highest BCUT2D eigenvalue weighted by molar-refractivity contribution is 6.10. The number of anilines is 1. The molecule has 0 N–H and O–H groups in total. The minimum Gasteiger partial charge on any atom is -0.497 e. The molecule has 5 heteroatoms. The van der Waals surface area contributed by atoms with Crippen LogP contribution < -0.4 is 9.64 Å². The van der Waals surface area contributed by atoms with E-state index in [4.69, 9.17) is 9.47 Å². The van der Waals surface area contributed by atoms with E-state index < -0.39 is 0 Å². The molecule has 0 bridgehead atoms. The predicted octanol–water partition coefficient (Wildman–Crippen LogP) is 3.13. The summed E-state index contributed by atoms with van der Waals surface area (Å²) in [6.07, 6.45) is 0. The Morgan fingerprint density at radius 1 is 1.12 bits per heavy atom. The standard InChI is InChI=1S/C19H19NO4/c1-12(19(22)24-3)13-4-6-15(7-5-13)20-11-14-10-16(23-2)8-9-17(14)18(20)21/h4-10,12H,11H2,1-3H3. The van der Waals surface area contributed by atoms with Gasteiger partial charge in [0.2, 0.25) is 0 Å². The number of ether oxygens (including phenoxy) is 2. The number of esters is 1. The molecule has 3 rings (SSSR count). The van der Waals surface area contributed by atoms with E-state index in [0.717, 1.165) is 22.6 Å². The van der Waals surface area contributed by atoms with Crippen molar-refractivity contribution in [1.29, 1.82) is 0 Å². The number of nitrogens with zero attached hydrogens (tertiary/aromatic N) is 1. The summed E-state index contributed by atoms with van der Waals surface area (Å²) in [6.45, 7) is 2.31. The Kier molecular flexibility index (Phi) is 4.25. The van der Waals surface area contributed by atoms with Gasteiger partial charge in [0.15, 0.2) is 0 Å². The lowest BCUT2D eigenvalue weighted by Gasteiger charge is -2.17. The molecule has 0 aromatic heterocycles. The van der Waals surface area contributed by atoms with Gasteiger partial charge in [0, 0.05) is 11.3 Å². The lowest BCUT2D eigenvalue weighted by Crippen LogP contribution is -2.23.